The van der Waals surface area contributed by atoms with Gasteiger partial charge in [0.25, 0.3) is 0 Å². The van der Waals surface area contributed by atoms with Crippen molar-refractivity contribution in [3.8, 4) is 11.6 Å². The molecular weight excluding hydrogens is 403 g/mol. The quantitative estimate of drug-likeness (QED) is 0.643. The zero-order valence-electron chi connectivity index (χ0n) is 13.9. The average Bonchev–Trinajstić information content (AvgIpc) is 2.80. The van der Waals surface area contributed by atoms with Crippen LogP contribution in [-0.4, -0.2) is 24.7 Å². The fourth-order valence-corrected chi connectivity index (χ4v) is 3.27. The Hall–Kier alpha value is -2.39. The number of benzene rings is 1. The first kappa shape index (κ1) is 19.4. The second-order valence-electron chi connectivity index (χ2n) is 5.62. The van der Waals surface area contributed by atoms with Gasteiger partial charge in [-0.3, -0.25) is 9.55 Å². The van der Waals surface area contributed by atoms with E-state index in [9.17, 15) is 23.1 Å². The molecule has 5 nitrogen and oxygen atoms in total. The van der Waals surface area contributed by atoms with Crippen LogP contribution in [0.2, 0.25) is 5.02 Å². The lowest BCUT2D eigenvalue weighted by Crippen LogP contribution is -2.24. The van der Waals surface area contributed by atoms with Crippen LogP contribution in [0.3, 0.4) is 0 Å². The van der Waals surface area contributed by atoms with Crippen LogP contribution in [0.25, 0.3) is 5.69 Å². The molecule has 0 fully saturated rings. The number of hydrogen-bond donors (Lipinski definition) is 1. The van der Waals surface area contributed by atoms with Gasteiger partial charge in [-0.2, -0.15) is 13.2 Å². The number of hydrogen-bond acceptors (Lipinski definition) is 4. The molecule has 0 amide bonds. The van der Waals surface area contributed by atoms with E-state index < -0.39 is 11.2 Å². The highest BCUT2D eigenvalue weighted by Gasteiger charge is 2.29. The maximum atomic E-state index is 12.8. The lowest BCUT2D eigenvalue weighted by atomic mass is 10.2. The molecule has 0 aliphatic heterocycles. The third-order valence-corrected chi connectivity index (χ3v) is 4.96. The molecule has 2 aromatic heterocycles. The Bertz CT molecular complexity index is 1030. The molecule has 1 aromatic carbocycles. The Morgan fingerprint density at radius 2 is 1.89 bits per heavy atom. The van der Waals surface area contributed by atoms with Gasteiger partial charge < -0.3 is 5.11 Å². The van der Waals surface area contributed by atoms with Crippen molar-refractivity contribution in [1.29, 1.82) is 0 Å². The molecule has 0 aliphatic rings. The molecule has 3 aromatic rings. The number of nitrogens with zero attached hydrogens (tertiary/aromatic N) is 3. The number of alkyl halides is 3. The minimum atomic E-state index is -4.40. The molecule has 0 radical (unpaired) electrons. The van der Waals surface area contributed by atoms with Crippen LogP contribution in [0.4, 0.5) is 13.2 Å². The molecule has 0 saturated heterocycles. The lowest BCUT2D eigenvalue weighted by molar-refractivity contribution is -0.0328. The van der Waals surface area contributed by atoms with Crippen LogP contribution in [0.5, 0.6) is 5.88 Å². The Morgan fingerprint density at radius 1 is 1.22 bits per heavy atom. The minimum absolute atomic E-state index is 0.0153. The molecule has 0 unspecified atom stereocenters. The maximum Gasteiger partial charge on any atom is 0.446 e. The highest BCUT2D eigenvalue weighted by molar-refractivity contribution is 8.00. The van der Waals surface area contributed by atoms with Gasteiger partial charge in [0.1, 0.15) is 0 Å². The summed E-state index contributed by atoms with van der Waals surface area (Å²) in [5.41, 5.74) is -3.72. The van der Waals surface area contributed by atoms with E-state index in [4.69, 9.17) is 11.6 Å². The van der Waals surface area contributed by atoms with E-state index in [1.165, 1.54) is 41.2 Å². The van der Waals surface area contributed by atoms with Crippen LogP contribution >= 0.6 is 23.4 Å². The van der Waals surface area contributed by atoms with Crippen LogP contribution in [0.1, 0.15) is 11.3 Å². The zero-order valence-corrected chi connectivity index (χ0v) is 15.4. The summed E-state index contributed by atoms with van der Waals surface area (Å²) in [4.78, 5) is 16.6. The van der Waals surface area contributed by atoms with Crippen LogP contribution in [0.15, 0.2) is 52.4 Å². The van der Waals surface area contributed by atoms with Crippen LogP contribution < -0.4 is 5.69 Å². The number of aromatic nitrogens is 3. The van der Waals surface area contributed by atoms with Gasteiger partial charge in [0, 0.05) is 17.3 Å². The van der Waals surface area contributed by atoms with Gasteiger partial charge in [-0.05, 0) is 54.6 Å². The zero-order chi connectivity index (χ0) is 19.8. The highest BCUT2D eigenvalue weighted by Crippen LogP contribution is 2.37. The summed E-state index contributed by atoms with van der Waals surface area (Å²) >= 11 is 5.82. The largest absolute Gasteiger partial charge is 0.493 e. The standard InChI is InChI=1S/C17H13ClF3N3O2S/c1-10-15(25)24(12-2-4-13(5-3-12)27-17(19,20)21)16(26)23(10)9-11-6-7-22-8-14(11)18/h2-8,25H,9H2,1H3. The van der Waals surface area contributed by atoms with E-state index in [0.717, 1.165) is 4.57 Å². The molecule has 0 saturated carbocycles. The fourth-order valence-electron chi connectivity index (χ4n) is 2.56. The molecule has 3 rings (SSSR count). The summed E-state index contributed by atoms with van der Waals surface area (Å²) in [5, 5.41) is 10.7. The number of rotatable bonds is 4. The Kier molecular flexibility index (Phi) is 5.25. The van der Waals surface area contributed by atoms with Gasteiger partial charge in [-0.15, -0.1) is 0 Å². The number of imidazole rings is 1. The molecule has 10 heteroatoms. The third kappa shape index (κ3) is 4.14. The first-order valence-electron chi connectivity index (χ1n) is 7.63. The van der Waals surface area contributed by atoms with Gasteiger partial charge in [-0.25, -0.2) is 9.36 Å². The normalized spacial score (nSPS) is 11.7. The topological polar surface area (TPSA) is 60.1 Å². The molecule has 0 aliphatic carbocycles. The van der Waals surface area contributed by atoms with Crippen LogP contribution in [-0.2, 0) is 6.54 Å². The minimum Gasteiger partial charge on any atom is -0.493 e. The van der Waals surface area contributed by atoms with Crippen molar-refractivity contribution >= 4 is 23.4 Å². The molecule has 1 N–H and O–H groups in total. The van der Waals surface area contributed by atoms with Gasteiger partial charge in [0.15, 0.2) is 0 Å². The van der Waals surface area contributed by atoms with Crippen molar-refractivity contribution in [2.24, 2.45) is 0 Å². The van der Waals surface area contributed by atoms with Crippen molar-refractivity contribution in [2.75, 3.05) is 0 Å². The van der Waals surface area contributed by atoms with E-state index >= 15 is 0 Å². The summed E-state index contributed by atoms with van der Waals surface area (Å²) in [6, 6.07) is 6.83. The van der Waals surface area contributed by atoms with Gasteiger partial charge in [0.05, 0.1) is 22.9 Å². The predicted molar refractivity (Wildman–Crippen MR) is 96.7 cm³/mol. The summed E-state index contributed by atoms with van der Waals surface area (Å²) < 4.78 is 39.7. The monoisotopic (exact) mass is 415 g/mol. The van der Waals surface area contributed by atoms with Crippen molar-refractivity contribution in [3.63, 3.8) is 0 Å². The van der Waals surface area contributed by atoms with Gasteiger partial charge in [-0.1, -0.05) is 11.6 Å². The van der Waals surface area contributed by atoms with E-state index in [1.54, 1.807) is 13.0 Å². The number of thioether (sulfide) groups is 1. The predicted octanol–water partition coefficient (Wildman–Crippen LogP) is 4.36. The van der Waals surface area contributed by atoms with Gasteiger partial charge >= 0.3 is 11.2 Å². The van der Waals surface area contributed by atoms with Crippen molar-refractivity contribution < 1.29 is 18.3 Å². The van der Waals surface area contributed by atoms with Crippen LogP contribution in [0, 0.1) is 6.92 Å². The fraction of sp³-hybridized carbons (Fsp3) is 0.176. The summed E-state index contributed by atoms with van der Waals surface area (Å²) in [6.45, 7) is 1.69. The SMILES string of the molecule is Cc1c(O)n(-c2ccc(SC(F)(F)F)cc2)c(=O)n1Cc1ccncc1Cl. The number of pyridine rings is 1. The maximum absolute atomic E-state index is 12.8. The Morgan fingerprint density at radius 3 is 2.48 bits per heavy atom. The molecule has 142 valence electrons. The Labute approximate surface area is 161 Å². The van der Waals surface area contributed by atoms with Crippen molar-refractivity contribution in [2.45, 2.75) is 23.9 Å². The molecular formula is C17H13ClF3N3O2S. The first-order valence-corrected chi connectivity index (χ1v) is 8.82. The van der Waals surface area contributed by atoms with E-state index in [1.807, 2.05) is 0 Å². The Balaban J connectivity index is 1.98. The molecule has 0 atom stereocenters. The number of halogens is 4. The lowest BCUT2D eigenvalue weighted by Gasteiger charge is -2.07. The van der Waals surface area contributed by atoms with Gasteiger partial charge in [0.2, 0.25) is 5.88 Å². The summed E-state index contributed by atoms with van der Waals surface area (Å²) in [6.07, 6.45) is 2.99. The second kappa shape index (κ2) is 7.32. The molecule has 0 bridgehead atoms. The van der Waals surface area contributed by atoms with Crippen molar-refractivity contribution in [1.82, 2.24) is 14.1 Å². The third-order valence-electron chi connectivity index (χ3n) is 3.88. The molecule has 0 spiro atoms. The highest BCUT2D eigenvalue weighted by atomic mass is 35.5. The van der Waals surface area contributed by atoms with Crippen molar-refractivity contribution in [3.05, 3.63) is 69.5 Å². The van der Waals surface area contributed by atoms with E-state index in [0.29, 0.717) is 16.3 Å². The number of aromatic hydroxyl groups is 1. The molecule has 2 heterocycles. The average molecular weight is 416 g/mol. The first-order chi connectivity index (χ1) is 12.7. The summed E-state index contributed by atoms with van der Waals surface area (Å²) in [7, 11) is 0. The van der Waals surface area contributed by atoms with E-state index in [2.05, 4.69) is 4.98 Å². The summed E-state index contributed by atoms with van der Waals surface area (Å²) in [5.74, 6) is -0.290. The smallest absolute Gasteiger partial charge is 0.446 e. The van der Waals surface area contributed by atoms with E-state index in [-0.39, 0.29) is 34.8 Å². The molecule has 27 heavy (non-hydrogen) atoms. The second-order valence-corrected chi connectivity index (χ2v) is 7.17.